The fourth-order valence-corrected chi connectivity index (χ4v) is 3.35. The third kappa shape index (κ3) is 5.43. The largest absolute Gasteiger partial charge is 0.356 e. The van der Waals surface area contributed by atoms with E-state index >= 15 is 0 Å². The minimum atomic E-state index is 0. The van der Waals surface area contributed by atoms with E-state index in [9.17, 15) is 0 Å². The zero-order chi connectivity index (χ0) is 17.5. The van der Waals surface area contributed by atoms with E-state index in [0.717, 1.165) is 25.6 Å². The lowest BCUT2D eigenvalue weighted by atomic mass is 9.67. The smallest absolute Gasteiger partial charge is 0.191 e. The first-order valence-corrected chi connectivity index (χ1v) is 9.08. The van der Waals surface area contributed by atoms with Gasteiger partial charge in [0.25, 0.3) is 0 Å². The standard InChI is InChI=1S/C19H28N6.HI/c1-3-19(8-5-9-19)13-23-18(20-2)22-11-16-6-4-7-17(10-16)12-25-15-21-14-24-25;/h4,6-7,10,14-15H,3,5,8-9,11-13H2,1-2H3,(H2,20,22,23);1H. The second-order valence-electron chi connectivity index (χ2n) is 6.90. The van der Waals surface area contributed by atoms with Crippen LogP contribution in [0.1, 0.15) is 43.7 Å². The number of hydrogen-bond acceptors (Lipinski definition) is 3. The number of nitrogens with one attached hydrogen (secondary N) is 2. The summed E-state index contributed by atoms with van der Waals surface area (Å²) in [6.07, 6.45) is 8.56. The van der Waals surface area contributed by atoms with Crippen LogP contribution in [0.4, 0.5) is 0 Å². The lowest BCUT2D eigenvalue weighted by molar-refractivity contribution is 0.131. The van der Waals surface area contributed by atoms with Crippen LogP contribution >= 0.6 is 24.0 Å². The maximum atomic E-state index is 4.35. The molecule has 2 N–H and O–H groups in total. The van der Waals surface area contributed by atoms with Gasteiger partial charge < -0.3 is 10.6 Å². The molecule has 6 nitrogen and oxygen atoms in total. The van der Waals surface area contributed by atoms with Crippen molar-refractivity contribution in [2.75, 3.05) is 13.6 Å². The zero-order valence-electron chi connectivity index (χ0n) is 15.6. The van der Waals surface area contributed by atoms with Gasteiger partial charge >= 0.3 is 0 Å². The lowest BCUT2D eigenvalue weighted by Crippen LogP contribution is -2.46. The summed E-state index contributed by atoms with van der Waals surface area (Å²) in [4.78, 5) is 8.34. The Labute approximate surface area is 172 Å². The van der Waals surface area contributed by atoms with Crippen molar-refractivity contribution in [1.82, 2.24) is 25.4 Å². The highest BCUT2D eigenvalue weighted by Gasteiger charge is 2.34. The molecule has 0 bridgehead atoms. The Morgan fingerprint density at radius 3 is 2.69 bits per heavy atom. The van der Waals surface area contributed by atoms with Crippen LogP contribution in [0.15, 0.2) is 41.9 Å². The van der Waals surface area contributed by atoms with Gasteiger partial charge in [-0.15, -0.1) is 24.0 Å². The molecule has 1 aliphatic rings. The fraction of sp³-hybridized carbons (Fsp3) is 0.526. The number of halogens is 1. The summed E-state index contributed by atoms with van der Waals surface area (Å²) >= 11 is 0. The van der Waals surface area contributed by atoms with Crippen LogP contribution in [0.3, 0.4) is 0 Å². The molecule has 26 heavy (non-hydrogen) atoms. The van der Waals surface area contributed by atoms with Gasteiger partial charge in [-0.05, 0) is 35.8 Å². The number of nitrogens with zero attached hydrogens (tertiary/aromatic N) is 4. The molecule has 0 aliphatic heterocycles. The number of benzene rings is 1. The topological polar surface area (TPSA) is 67.1 Å². The minimum absolute atomic E-state index is 0. The molecule has 1 saturated carbocycles. The van der Waals surface area contributed by atoms with Crippen molar-refractivity contribution in [3.05, 3.63) is 48.0 Å². The zero-order valence-corrected chi connectivity index (χ0v) is 17.9. The monoisotopic (exact) mass is 468 g/mol. The van der Waals surface area contributed by atoms with Crippen LogP contribution in [0.5, 0.6) is 0 Å². The number of hydrogen-bond donors (Lipinski definition) is 2. The fourth-order valence-electron chi connectivity index (χ4n) is 3.35. The molecule has 1 aromatic heterocycles. The third-order valence-electron chi connectivity index (χ3n) is 5.28. The Morgan fingerprint density at radius 1 is 1.27 bits per heavy atom. The first-order chi connectivity index (χ1) is 12.2. The highest BCUT2D eigenvalue weighted by atomic mass is 127. The predicted octanol–water partition coefficient (Wildman–Crippen LogP) is 3.19. The summed E-state index contributed by atoms with van der Waals surface area (Å²) in [6.45, 7) is 4.79. The van der Waals surface area contributed by atoms with Gasteiger partial charge in [0.05, 0.1) is 6.54 Å². The van der Waals surface area contributed by atoms with Crippen molar-refractivity contribution in [2.24, 2.45) is 10.4 Å². The molecule has 0 unspecified atom stereocenters. The average Bonchev–Trinajstić information content (AvgIpc) is 3.10. The molecule has 7 heteroatoms. The van der Waals surface area contributed by atoms with Crippen LogP contribution in [-0.4, -0.2) is 34.3 Å². The summed E-state index contributed by atoms with van der Waals surface area (Å²) in [7, 11) is 1.83. The molecule has 0 atom stereocenters. The van der Waals surface area contributed by atoms with E-state index in [4.69, 9.17) is 0 Å². The molecule has 0 saturated heterocycles. The lowest BCUT2D eigenvalue weighted by Gasteiger charge is -2.41. The summed E-state index contributed by atoms with van der Waals surface area (Å²) in [5.41, 5.74) is 2.93. The summed E-state index contributed by atoms with van der Waals surface area (Å²) in [6, 6.07) is 8.52. The summed E-state index contributed by atoms with van der Waals surface area (Å²) in [5, 5.41) is 11.1. The van der Waals surface area contributed by atoms with Crippen molar-refractivity contribution in [1.29, 1.82) is 0 Å². The predicted molar refractivity (Wildman–Crippen MR) is 116 cm³/mol. The van der Waals surface area contributed by atoms with Gasteiger partial charge in [0, 0.05) is 20.1 Å². The van der Waals surface area contributed by atoms with Gasteiger partial charge in [-0.3, -0.25) is 4.99 Å². The first kappa shape index (κ1) is 20.7. The number of rotatable bonds is 7. The second-order valence-corrected chi connectivity index (χ2v) is 6.90. The van der Waals surface area contributed by atoms with Gasteiger partial charge in [-0.1, -0.05) is 37.6 Å². The molecule has 1 heterocycles. The number of aliphatic imine (C=N–C) groups is 1. The quantitative estimate of drug-likeness (QED) is 0.372. The molecule has 3 rings (SSSR count). The van der Waals surface area contributed by atoms with E-state index in [0.29, 0.717) is 5.41 Å². The summed E-state index contributed by atoms with van der Waals surface area (Å²) < 4.78 is 1.83. The normalized spacial score (nSPS) is 15.7. The van der Waals surface area contributed by atoms with Crippen molar-refractivity contribution in [3.63, 3.8) is 0 Å². The van der Waals surface area contributed by atoms with Crippen LogP contribution in [0.2, 0.25) is 0 Å². The molecule has 2 aromatic rings. The molecule has 0 amide bonds. The average molecular weight is 468 g/mol. The van der Waals surface area contributed by atoms with Crippen LogP contribution in [0.25, 0.3) is 0 Å². The third-order valence-corrected chi connectivity index (χ3v) is 5.28. The SMILES string of the molecule is CCC1(CNC(=NC)NCc2cccc(Cn3cncn3)c2)CCC1.I. The van der Waals surface area contributed by atoms with Crippen molar-refractivity contribution in [3.8, 4) is 0 Å². The molecule has 142 valence electrons. The molecular formula is C19H29IN6. The highest BCUT2D eigenvalue weighted by Crippen LogP contribution is 2.42. The van der Waals surface area contributed by atoms with Crippen LogP contribution < -0.4 is 10.6 Å². The van der Waals surface area contributed by atoms with E-state index in [1.807, 2.05) is 11.7 Å². The Bertz CT molecular complexity index is 688. The van der Waals surface area contributed by atoms with Crippen molar-refractivity contribution < 1.29 is 0 Å². The van der Waals surface area contributed by atoms with Gasteiger partial charge in [-0.2, -0.15) is 5.10 Å². The highest BCUT2D eigenvalue weighted by molar-refractivity contribution is 14.0. The molecule has 1 fully saturated rings. The Morgan fingerprint density at radius 2 is 2.08 bits per heavy atom. The first-order valence-electron chi connectivity index (χ1n) is 9.08. The second kappa shape index (κ2) is 9.89. The van der Waals surface area contributed by atoms with Gasteiger partial charge in [-0.25, -0.2) is 9.67 Å². The van der Waals surface area contributed by atoms with E-state index in [2.05, 4.69) is 56.9 Å². The van der Waals surface area contributed by atoms with Crippen LogP contribution in [0, 0.1) is 5.41 Å². The van der Waals surface area contributed by atoms with Crippen molar-refractivity contribution >= 4 is 29.9 Å². The summed E-state index contributed by atoms with van der Waals surface area (Å²) in [5.74, 6) is 0.876. The van der Waals surface area contributed by atoms with Gasteiger partial charge in [0.15, 0.2) is 5.96 Å². The van der Waals surface area contributed by atoms with Gasteiger partial charge in [0.1, 0.15) is 12.7 Å². The Balaban J connectivity index is 0.00000243. The maximum Gasteiger partial charge on any atom is 0.191 e. The molecular weight excluding hydrogens is 439 g/mol. The molecule has 1 aliphatic carbocycles. The number of aromatic nitrogens is 3. The Kier molecular flexibility index (Phi) is 7.86. The van der Waals surface area contributed by atoms with Crippen LogP contribution in [-0.2, 0) is 13.1 Å². The van der Waals surface area contributed by atoms with E-state index in [-0.39, 0.29) is 24.0 Å². The van der Waals surface area contributed by atoms with E-state index in [1.165, 1.54) is 36.8 Å². The number of guanidine groups is 1. The maximum absolute atomic E-state index is 4.35. The molecule has 0 spiro atoms. The molecule has 1 aromatic carbocycles. The Hall–Kier alpha value is -1.64. The van der Waals surface area contributed by atoms with E-state index in [1.54, 1.807) is 12.7 Å². The minimum Gasteiger partial charge on any atom is -0.356 e. The molecule has 0 radical (unpaired) electrons. The van der Waals surface area contributed by atoms with E-state index < -0.39 is 0 Å². The van der Waals surface area contributed by atoms with Gasteiger partial charge in [0.2, 0.25) is 0 Å². The van der Waals surface area contributed by atoms with Crippen molar-refractivity contribution in [2.45, 2.75) is 45.7 Å².